The first-order valence-corrected chi connectivity index (χ1v) is 7.00. The average molecular weight is 355 g/mol. The Morgan fingerprint density at radius 2 is 1.95 bits per heavy atom. The van der Waals surface area contributed by atoms with Gasteiger partial charge in [-0.25, -0.2) is 0 Å². The molecule has 0 fully saturated rings. The van der Waals surface area contributed by atoms with Crippen molar-refractivity contribution in [2.24, 2.45) is 0 Å². The highest BCUT2D eigenvalue weighted by molar-refractivity contribution is 9.10. The molecule has 1 aliphatic heterocycles. The van der Waals surface area contributed by atoms with E-state index in [0.29, 0.717) is 34.7 Å². The first-order chi connectivity index (χ1) is 9.37. The third-order valence-electron chi connectivity index (χ3n) is 2.91. The van der Waals surface area contributed by atoms with E-state index >= 15 is 0 Å². The fraction of sp³-hybridized carbons (Fsp3) is 0.538. The molecule has 0 radical (unpaired) electrons. The van der Waals surface area contributed by atoms with Crippen molar-refractivity contribution in [1.29, 1.82) is 0 Å². The first kappa shape index (κ1) is 15.4. The highest BCUT2D eigenvalue weighted by atomic mass is 79.9. The number of hydrogen-bond acceptors (Lipinski definition) is 3. The molecule has 1 aromatic rings. The maximum Gasteiger partial charge on any atom is 0.389 e. The number of halogens is 4. The summed E-state index contributed by atoms with van der Waals surface area (Å²) in [6, 6.07) is 3.10. The molecule has 0 spiro atoms. The second kappa shape index (κ2) is 6.22. The Morgan fingerprint density at radius 1 is 1.25 bits per heavy atom. The maximum absolute atomic E-state index is 12.2. The Labute approximate surface area is 122 Å². The first-order valence-electron chi connectivity index (χ1n) is 6.20. The van der Waals surface area contributed by atoms with Crippen molar-refractivity contribution in [3.63, 3.8) is 0 Å². The van der Waals surface area contributed by atoms with Crippen LogP contribution in [0.1, 0.15) is 30.9 Å². The molecule has 112 valence electrons. The third-order valence-corrected chi connectivity index (χ3v) is 3.50. The molecule has 1 unspecified atom stereocenters. The van der Waals surface area contributed by atoms with Crippen molar-refractivity contribution >= 4 is 15.9 Å². The van der Waals surface area contributed by atoms with Gasteiger partial charge in [-0.1, -0.05) is 0 Å². The van der Waals surface area contributed by atoms with Crippen molar-refractivity contribution in [3.05, 3.63) is 22.2 Å². The van der Waals surface area contributed by atoms with Crippen molar-refractivity contribution in [1.82, 2.24) is 0 Å². The summed E-state index contributed by atoms with van der Waals surface area (Å²) in [7, 11) is 0. The van der Waals surface area contributed by atoms with Gasteiger partial charge in [-0.2, -0.15) is 13.2 Å². The molecule has 0 aromatic heterocycles. The predicted octanol–water partition coefficient (Wildman–Crippen LogP) is 3.99. The zero-order valence-electron chi connectivity index (χ0n) is 10.5. The molecule has 1 aliphatic rings. The quantitative estimate of drug-likeness (QED) is 0.891. The zero-order valence-corrected chi connectivity index (χ0v) is 12.1. The van der Waals surface area contributed by atoms with Gasteiger partial charge in [-0.15, -0.1) is 0 Å². The molecule has 2 rings (SSSR count). The van der Waals surface area contributed by atoms with Gasteiger partial charge in [0.2, 0.25) is 0 Å². The van der Waals surface area contributed by atoms with Crippen molar-refractivity contribution in [3.8, 4) is 11.5 Å². The maximum atomic E-state index is 12.2. The van der Waals surface area contributed by atoms with Crippen molar-refractivity contribution < 1.29 is 27.8 Å². The standard InChI is InChI=1S/C13H14BrF3O3/c14-9-6-8(10(18)2-3-13(15,16)17)7-11-12(9)20-5-1-4-19-11/h6-7,10,18H,1-5H2. The molecule has 3 nitrogen and oxygen atoms in total. The van der Waals surface area contributed by atoms with Gasteiger partial charge >= 0.3 is 6.18 Å². The van der Waals surface area contributed by atoms with Crippen LogP contribution in [0.25, 0.3) is 0 Å². The largest absolute Gasteiger partial charge is 0.490 e. The van der Waals surface area contributed by atoms with Crippen LogP contribution < -0.4 is 9.47 Å². The number of rotatable bonds is 3. The van der Waals surface area contributed by atoms with Gasteiger partial charge in [-0.05, 0) is 40.0 Å². The number of alkyl halides is 3. The summed E-state index contributed by atoms with van der Waals surface area (Å²) >= 11 is 3.29. The van der Waals surface area contributed by atoms with Crippen LogP contribution in [0.15, 0.2) is 16.6 Å². The summed E-state index contributed by atoms with van der Waals surface area (Å²) in [4.78, 5) is 0. The Balaban J connectivity index is 2.16. The summed E-state index contributed by atoms with van der Waals surface area (Å²) in [5.41, 5.74) is 0.380. The summed E-state index contributed by atoms with van der Waals surface area (Å²) in [6.45, 7) is 0.989. The van der Waals surface area contributed by atoms with Gasteiger partial charge in [0.15, 0.2) is 11.5 Å². The topological polar surface area (TPSA) is 38.7 Å². The predicted molar refractivity (Wildman–Crippen MR) is 70.0 cm³/mol. The molecular formula is C13H14BrF3O3. The number of ether oxygens (including phenoxy) is 2. The van der Waals surface area contributed by atoms with E-state index in [1.165, 1.54) is 6.07 Å². The lowest BCUT2D eigenvalue weighted by Gasteiger charge is -2.16. The monoisotopic (exact) mass is 354 g/mol. The molecule has 0 bridgehead atoms. The van der Waals surface area contributed by atoms with E-state index in [1.54, 1.807) is 6.07 Å². The average Bonchev–Trinajstić information content (AvgIpc) is 2.60. The molecule has 20 heavy (non-hydrogen) atoms. The van der Waals surface area contributed by atoms with Gasteiger partial charge < -0.3 is 14.6 Å². The second-order valence-corrected chi connectivity index (χ2v) is 5.40. The van der Waals surface area contributed by atoms with Crippen LogP contribution in [0.5, 0.6) is 11.5 Å². The van der Waals surface area contributed by atoms with Crippen LogP contribution in [0.3, 0.4) is 0 Å². The Kier molecular flexibility index (Phi) is 4.80. The molecule has 0 aliphatic carbocycles. The zero-order chi connectivity index (χ0) is 14.8. The summed E-state index contributed by atoms with van der Waals surface area (Å²) < 4.78 is 48.1. The fourth-order valence-corrected chi connectivity index (χ4v) is 2.48. The molecule has 0 amide bonds. The minimum Gasteiger partial charge on any atom is -0.490 e. The molecule has 1 atom stereocenters. The Bertz CT molecular complexity index is 477. The molecule has 1 N–H and O–H groups in total. The normalized spacial score (nSPS) is 16.6. The van der Waals surface area contributed by atoms with E-state index in [9.17, 15) is 18.3 Å². The Hall–Kier alpha value is -0.950. The molecule has 1 heterocycles. The number of hydrogen-bond donors (Lipinski definition) is 1. The number of aliphatic hydroxyl groups excluding tert-OH is 1. The van der Waals surface area contributed by atoms with Crippen molar-refractivity contribution in [2.75, 3.05) is 13.2 Å². The van der Waals surface area contributed by atoms with Crippen LogP contribution in [0.2, 0.25) is 0 Å². The van der Waals surface area contributed by atoms with E-state index in [0.717, 1.165) is 6.42 Å². The van der Waals surface area contributed by atoms with Gasteiger partial charge in [0.1, 0.15) is 0 Å². The molecule has 0 saturated carbocycles. The van der Waals surface area contributed by atoms with Gasteiger partial charge in [-0.3, -0.25) is 0 Å². The SMILES string of the molecule is OC(CCC(F)(F)F)c1cc(Br)c2c(c1)OCCCO2. The van der Waals surface area contributed by atoms with Crippen LogP contribution in [0.4, 0.5) is 13.2 Å². The summed E-state index contributed by atoms with van der Waals surface area (Å²) in [5.74, 6) is 0.965. The number of benzene rings is 1. The molecular weight excluding hydrogens is 341 g/mol. The van der Waals surface area contributed by atoms with Crippen LogP contribution in [-0.2, 0) is 0 Å². The molecule has 7 heteroatoms. The minimum atomic E-state index is -4.27. The number of fused-ring (bicyclic) bond motifs is 1. The van der Waals surface area contributed by atoms with E-state index in [-0.39, 0.29) is 6.42 Å². The lowest BCUT2D eigenvalue weighted by molar-refractivity contribution is -0.140. The van der Waals surface area contributed by atoms with Gasteiger partial charge in [0.25, 0.3) is 0 Å². The summed E-state index contributed by atoms with van der Waals surface area (Å²) in [6.07, 6.45) is -6.14. The van der Waals surface area contributed by atoms with Crippen LogP contribution in [-0.4, -0.2) is 24.5 Å². The van der Waals surface area contributed by atoms with Crippen molar-refractivity contribution in [2.45, 2.75) is 31.5 Å². The van der Waals surface area contributed by atoms with Crippen LogP contribution >= 0.6 is 15.9 Å². The summed E-state index contributed by atoms with van der Waals surface area (Å²) in [5, 5.41) is 9.86. The van der Waals surface area contributed by atoms with E-state index in [1.807, 2.05) is 0 Å². The van der Waals surface area contributed by atoms with E-state index < -0.39 is 18.7 Å². The highest BCUT2D eigenvalue weighted by Crippen LogP contribution is 2.40. The van der Waals surface area contributed by atoms with Gasteiger partial charge in [0, 0.05) is 12.8 Å². The van der Waals surface area contributed by atoms with E-state index in [2.05, 4.69) is 15.9 Å². The van der Waals surface area contributed by atoms with Gasteiger partial charge in [0.05, 0.1) is 23.8 Å². The van der Waals surface area contributed by atoms with E-state index in [4.69, 9.17) is 9.47 Å². The highest BCUT2D eigenvalue weighted by Gasteiger charge is 2.28. The minimum absolute atomic E-state index is 0.379. The lowest BCUT2D eigenvalue weighted by atomic mass is 10.0. The number of aliphatic hydroxyl groups is 1. The third kappa shape index (κ3) is 4.02. The molecule has 0 saturated heterocycles. The lowest BCUT2D eigenvalue weighted by Crippen LogP contribution is -2.10. The molecule has 1 aromatic carbocycles. The van der Waals surface area contributed by atoms with Crippen LogP contribution in [0, 0.1) is 0 Å². The fourth-order valence-electron chi connectivity index (χ4n) is 1.91. The smallest absolute Gasteiger partial charge is 0.389 e. The Morgan fingerprint density at radius 3 is 2.65 bits per heavy atom. The second-order valence-electron chi connectivity index (χ2n) is 4.55.